The van der Waals surface area contributed by atoms with Crippen molar-refractivity contribution in [3.63, 3.8) is 0 Å². The Hall–Kier alpha value is -3.15. The molecule has 2 aromatic carbocycles. The molecule has 0 aliphatic carbocycles. The number of aromatic nitrogens is 2. The molecule has 1 aliphatic heterocycles. The summed E-state index contributed by atoms with van der Waals surface area (Å²) in [6.45, 7) is 4.37. The Morgan fingerprint density at radius 3 is 2.90 bits per heavy atom. The molecule has 2 heterocycles. The average Bonchev–Trinajstić information content (AvgIpc) is 3.31. The van der Waals surface area contributed by atoms with Crippen molar-refractivity contribution >= 4 is 11.6 Å². The molecule has 1 atom stereocenters. The van der Waals surface area contributed by atoms with Crippen LogP contribution in [0.5, 0.6) is 5.75 Å². The number of ether oxygens (including phenoxy) is 1. The molecule has 150 valence electrons. The molecular formula is C23H25N3O3. The van der Waals surface area contributed by atoms with Crippen molar-refractivity contribution in [1.82, 2.24) is 10.1 Å². The van der Waals surface area contributed by atoms with E-state index in [4.69, 9.17) is 9.26 Å². The van der Waals surface area contributed by atoms with Crippen LogP contribution in [0.2, 0.25) is 0 Å². The molecule has 0 N–H and O–H groups in total. The number of para-hydroxylation sites is 1. The van der Waals surface area contributed by atoms with Gasteiger partial charge in [-0.3, -0.25) is 4.79 Å². The van der Waals surface area contributed by atoms with Crippen molar-refractivity contribution < 1.29 is 14.1 Å². The molecule has 3 aromatic rings. The second kappa shape index (κ2) is 8.07. The summed E-state index contributed by atoms with van der Waals surface area (Å²) in [5.74, 6) is 2.47. The van der Waals surface area contributed by atoms with Gasteiger partial charge in [0.2, 0.25) is 11.8 Å². The van der Waals surface area contributed by atoms with Gasteiger partial charge < -0.3 is 14.2 Å². The van der Waals surface area contributed by atoms with E-state index in [1.807, 2.05) is 42.2 Å². The predicted molar refractivity (Wildman–Crippen MR) is 110 cm³/mol. The van der Waals surface area contributed by atoms with E-state index in [-0.39, 0.29) is 11.8 Å². The smallest absolute Gasteiger partial charge is 0.226 e. The highest BCUT2D eigenvalue weighted by Gasteiger charge is 2.30. The highest BCUT2D eigenvalue weighted by molar-refractivity contribution is 5.94. The minimum Gasteiger partial charge on any atom is -0.496 e. The van der Waals surface area contributed by atoms with E-state index in [0.29, 0.717) is 31.1 Å². The molecule has 0 radical (unpaired) electrons. The summed E-state index contributed by atoms with van der Waals surface area (Å²) in [6.07, 6.45) is 2.11. The second-order valence-electron chi connectivity index (χ2n) is 7.52. The Balaban J connectivity index is 1.43. The summed E-state index contributed by atoms with van der Waals surface area (Å²) in [7, 11) is 1.67. The van der Waals surface area contributed by atoms with E-state index in [2.05, 4.69) is 22.3 Å². The van der Waals surface area contributed by atoms with Gasteiger partial charge in [-0.25, -0.2) is 0 Å². The van der Waals surface area contributed by atoms with Gasteiger partial charge in [-0.15, -0.1) is 0 Å². The number of benzene rings is 2. The largest absolute Gasteiger partial charge is 0.496 e. The molecule has 1 aliphatic rings. The summed E-state index contributed by atoms with van der Waals surface area (Å²) in [6, 6.07) is 14.2. The van der Waals surface area contributed by atoms with Crippen LogP contribution < -0.4 is 9.64 Å². The van der Waals surface area contributed by atoms with Crippen molar-refractivity contribution in [1.29, 1.82) is 0 Å². The highest BCUT2D eigenvalue weighted by Crippen LogP contribution is 2.38. The lowest BCUT2D eigenvalue weighted by atomic mass is 9.96. The number of nitrogens with zero attached hydrogens (tertiary/aromatic N) is 3. The quantitative estimate of drug-likeness (QED) is 0.634. The minimum absolute atomic E-state index is 0.0760. The van der Waals surface area contributed by atoms with E-state index in [0.717, 1.165) is 23.4 Å². The van der Waals surface area contributed by atoms with Crippen LogP contribution in [0.3, 0.4) is 0 Å². The third kappa shape index (κ3) is 4.01. The van der Waals surface area contributed by atoms with Crippen LogP contribution in [0, 0.1) is 6.92 Å². The molecule has 0 fully saturated rings. The van der Waals surface area contributed by atoms with Crippen LogP contribution in [0.15, 0.2) is 47.0 Å². The summed E-state index contributed by atoms with van der Waals surface area (Å²) in [5, 5.41) is 4.14. The Kier molecular flexibility index (Phi) is 5.34. The fourth-order valence-electron chi connectivity index (χ4n) is 4.02. The third-order valence-electron chi connectivity index (χ3n) is 5.45. The first-order chi connectivity index (χ1) is 14.0. The van der Waals surface area contributed by atoms with Crippen LogP contribution in [0.1, 0.15) is 47.7 Å². The van der Waals surface area contributed by atoms with Gasteiger partial charge in [0, 0.05) is 43.5 Å². The average molecular weight is 391 g/mol. The molecule has 1 amide bonds. The van der Waals surface area contributed by atoms with Crippen LogP contribution in [-0.4, -0.2) is 29.7 Å². The van der Waals surface area contributed by atoms with Gasteiger partial charge in [-0.1, -0.05) is 41.1 Å². The molecule has 0 bridgehead atoms. The number of rotatable bonds is 6. The maximum atomic E-state index is 12.0. The van der Waals surface area contributed by atoms with E-state index in [9.17, 15) is 4.79 Å². The fourth-order valence-corrected chi connectivity index (χ4v) is 4.02. The Morgan fingerprint density at radius 2 is 2.10 bits per heavy atom. The molecule has 0 saturated heterocycles. The molecule has 6 nitrogen and oxygen atoms in total. The number of anilines is 1. The molecule has 1 aromatic heterocycles. The third-order valence-corrected chi connectivity index (χ3v) is 5.45. The lowest BCUT2D eigenvalue weighted by Crippen LogP contribution is -2.27. The number of amides is 1. The normalized spacial score (nSPS) is 15.4. The SMILES string of the molecule is COc1ccc(C)cc1Cc1noc(CCC2CN(C(C)=O)c3ccccc32)n1. The molecule has 4 rings (SSSR count). The number of aryl methyl sites for hydroxylation is 2. The lowest BCUT2D eigenvalue weighted by Gasteiger charge is -2.14. The molecule has 0 saturated carbocycles. The summed E-state index contributed by atoms with van der Waals surface area (Å²) in [5.41, 5.74) is 4.44. The maximum Gasteiger partial charge on any atom is 0.226 e. The Morgan fingerprint density at radius 1 is 1.28 bits per heavy atom. The number of carbonyl (C=O) groups is 1. The van der Waals surface area contributed by atoms with Crippen molar-refractivity contribution in [3.8, 4) is 5.75 Å². The van der Waals surface area contributed by atoms with Gasteiger partial charge >= 0.3 is 0 Å². The zero-order chi connectivity index (χ0) is 20.4. The summed E-state index contributed by atoms with van der Waals surface area (Å²) in [4.78, 5) is 18.4. The zero-order valence-corrected chi connectivity index (χ0v) is 17.0. The first kappa shape index (κ1) is 19.2. The van der Waals surface area contributed by atoms with Gasteiger partial charge in [-0.2, -0.15) is 4.98 Å². The van der Waals surface area contributed by atoms with Gasteiger partial charge in [0.05, 0.1) is 7.11 Å². The predicted octanol–water partition coefficient (Wildman–Crippen LogP) is 4.06. The molecule has 29 heavy (non-hydrogen) atoms. The maximum absolute atomic E-state index is 12.0. The molecule has 6 heteroatoms. The fraction of sp³-hybridized carbons (Fsp3) is 0.348. The standard InChI is InChI=1S/C23H25N3O3/c1-15-8-10-21(28-3)18(12-15)13-22-24-23(29-25-22)11-9-17-14-26(16(2)27)20-7-5-4-6-19(17)20/h4-8,10,12,17H,9,11,13-14H2,1-3H3. The van der Waals surface area contributed by atoms with E-state index >= 15 is 0 Å². The van der Waals surface area contributed by atoms with E-state index in [1.165, 1.54) is 11.1 Å². The van der Waals surface area contributed by atoms with Gasteiger partial charge in [0.15, 0.2) is 5.82 Å². The van der Waals surface area contributed by atoms with Crippen LogP contribution in [0.25, 0.3) is 0 Å². The van der Waals surface area contributed by atoms with Crippen LogP contribution in [0.4, 0.5) is 5.69 Å². The Labute approximate surface area is 170 Å². The van der Waals surface area contributed by atoms with Gasteiger partial charge in [0.25, 0.3) is 0 Å². The van der Waals surface area contributed by atoms with E-state index in [1.54, 1.807) is 14.0 Å². The van der Waals surface area contributed by atoms with Gasteiger partial charge in [0.1, 0.15) is 5.75 Å². The number of methoxy groups -OCH3 is 1. The van der Waals surface area contributed by atoms with Crippen molar-refractivity contribution in [2.75, 3.05) is 18.6 Å². The number of carbonyl (C=O) groups excluding carboxylic acids is 1. The Bertz CT molecular complexity index is 1030. The molecular weight excluding hydrogens is 366 g/mol. The van der Waals surface area contributed by atoms with Crippen LogP contribution in [-0.2, 0) is 17.6 Å². The molecule has 1 unspecified atom stereocenters. The topological polar surface area (TPSA) is 68.5 Å². The second-order valence-corrected chi connectivity index (χ2v) is 7.52. The number of hydrogen-bond donors (Lipinski definition) is 0. The minimum atomic E-state index is 0.0760. The van der Waals surface area contributed by atoms with E-state index < -0.39 is 0 Å². The van der Waals surface area contributed by atoms with Crippen molar-refractivity contribution in [2.45, 2.75) is 39.0 Å². The summed E-state index contributed by atoms with van der Waals surface area (Å²) < 4.78 is 10.9. The van der Waals surface area contributed by atoms with Crippen LogP contribution >= 0.6 is 0 Å². The van der Waals surface area contributed by atoms with Gasteiger partial charge in [-0.05, 0) is 31.0 Å². The lowest BCUT2D eigenvalue weighted by molar-refractivity contribution is -0.116. The number of fused-ring (bicyclic) bond motifs is 1. The first-order valence-electron chi connectivity index (χ1n) is 9.87. The molecule has 0 spiro atoms. The monoisotopic (exact) mass is 391 g/mol. The number of hydrogen-bond acceptors (Lipinski definition) is 5. The zero-order valence-electron chi connectivity index (χ0n) is 17.0. The highest BCUT2D eigenvalue weighted by atomic mass is 16.5. The van der Waals surface area contributed by atoms with Crippen molar-refractivity contribution in [2.24, 2.45) is 0 Å². The summed E-state index contributed by atoms with van der Waals surface area (Å²) >= 11 is 0. The first-order valence-corrected chi connectivity index (χ1v) is 9.87. The van der Waals surface area contributed by atoms with Crippen molar-refractivity contribution in [3.05, 3.63) is 70.9 Å².